The third-order valence-electron chi connectivity index (χ3n) is 1.92. The van der Waals surface area contributed by atoms with Crippen LogP contribution in [0.15, 0.2) is 42.9 Å². The van der Waals surface area contributed by atoms with E-state index in [2.05, 4.69) is 14.7 Å². The number of halogens is 2. The van der Waals surface area contributed by atoms with Gasteiger partial charge in [-0.1, -0.05) is 0 Å². The molecule has 2 rings (SSSR count). The second-order valence-corrected chi connectivity index (χ2v) is 3.00. The molecule has 0 aliphatic rings. The first kappa shape index (κ1) is 10.5. The van der Waals surface area contributed by atoms with E-state index in [4.69, 9.17) is 0 Å². The van der Waals surface area contributed by atoms with Crippen molar-refractivity contribution >= 4 is 0 Å². The van der Waals surface area contributed by atoms with Gasteiger partial charge < -0.3 is 4.74 Å². The summed E-state index contributed by atoms with van der Waals surface area (Å²) >= 11 is 0. The third kappa shape index (κ3) is 2.50. The summed E-state index contributed by atoms with van der Waals surface area (Å²) < 4.78 is 28.0. The molecule has 0 aliphatic carbocycles. The Bertz CT molecular complexity index is 445. The van der Waals surface area contributed by atoms with E-state index in [1.54, 1.807) is 24.5 Å². The highest BCUT2D eigenvalue weighted by atomic mass is 19.3. The number of aromatic nitrogens is 2. The van der Waals surface area contributed by atoms with Gasteiger partial charge in [0.2, 0.25) is 0 Å². The molecule has 0 aliphatic heterocycles. The van der Waals surface area contributed by atoms with Crippen LogP contribution in [0.2, 0.25) is 0 Å². The van der Waals surface area contributed by atoms with Crippen molar-refractivity contribution in [1.82, 2.24) is 9.97 Å². The van der Waals surface area contributed by atoms with Crippen molar-refractivity contribution in [1.29, 1.82) is 0 Å². The molecule has 0 spiro atoms. The maximum absolute atomic E-state index is 11.9. The summed E-state index contributed by atoms with van der Waals surface area (Å²) in [6.45, 7) is -2.83. The molecule has 0 saturated heterocycles. The van der Waals surface area contributed by atoms with E-state index in [1.807, 2.05) is 6.07 Å². The fraction of sp³-hybridized carbons (Fsp3) is 0.0909. The van der Waals surface area contributed by atoms with E-state index in [9.17, 15) is 8.78 Å². The van der Waals surface area contributed by atoms with Gasteiger partial charge >= 0.3 is 6.61 Å². The first-order valence-electron chi connectivity index (χ1n) is 4.57. The Hall–Kier alpha value is -2.04. The number of hydrogen-bond donors (Lipinski definition) is 0. The lowest BCUT2D eigenvalue weighted by molar-refractivity contribution is -0.0500. The van der Waals surface area contributed by atoms with Gasteiger partial charge in [-0.15, -0.1) is 0 Å². The van der Waals surface area contributed by atoms with Crippen LogP contribution < -0.4 is 4.74 Å². The minimum atomic E-state index is -2.83. The van der Waals surface area contributed by atoms with Crippen LogP contribution in [0.4, 0.5) is 8.78 Å². The molecule has 82 valence electrons. The summed E-state index contributed by atoms with van der Waals surface area (Å²) in [6, 6.07) is 6.67. The molecule has 0 atom stereocenters. The average molecular weight is 222 g/mol. The summed E-state index contributed by atoms with van der Waals surface area (Å²) in [7, 11) is 0. The molecule has 0 amide bonds. The van der Waals surface area contributed by atoms with Gasteiger partial charge in [0, 0.05) is 18.0 Å². The van der Waals surface area contributed by atoms with Crippen molar-refractivity contribution < 1.29 is 13.5 Å². The highest BCUT2D eigenvalue weighted by Gasteiger charge is 2.05. The fourth-order valence-electron chi connectivity index (χ4n) is 1.24. The normalized spacial score (nSPS) is 10.4. The minimum Gasteiger partial charge on any atom is -0.433 e. The lowest BCUT2D eigenvalue weighted by Gasteiger charge is -2.04. The highest BCUT2D eigenvalue weighted by Crippen LogP contribution is 2.19. The van der Waals surface area contributed by atoms with Gasteiger partial charge in [0.15, 0.2) is 0 Å². The predicted octanol–water partition coefficient (Wildman–Crippen LogP) is 2.75. The zero-order valence-corrected chi connectivity index (χ0v) is 8.18. The third-order valence-corrected chi connectivity index (χ3v) is 1.92. The van der Waals surface area contributed by atoms with Crippen LogP contribution in [0.25, 0.3) is 11.3 Å². The second-order valence-electron chi connectivity index (χ2n) is 3.00. The predicted molar refractivity (Wildman–Crippen MR) is 54.1 cm³/mol. The molecule has 0 fully saturated rings. The van der Waals surface area contributed by atoms with Crippen molar-refractivity contribution in [3.05, 3.63) is 42.9 Å². The molecule has 2 aromatic rings. The SMILES string of the molecule is FC(F)Oc1ccc(-c2cccnc2)nc1. The topological polar surface area (TPSA) is 35.0 Å². The second kappa shape index (κ2) is 4.65. The molecular weight excluding hydrogens is 214 g/mol. The summed E-state index contributed by atoms with van der Waals surface area (Å²) in [5.41, 5.74) is 1.49. The maximum atomic E-state index is 11.9. The van der Waals surface area contributed by atoms with Crippen LogP contribution in [0.5, 0.6) is 5.75 Å². The van der Waals surface area contributed by atoms with Gasteiger partial charge in [-0.3, -0.25) is 9.97 Å². The molecule has 0 saturated carbocycles. The van der Waals surface area contributed by atoms with Crippen molar-refractivity contribution in [3.8, 4) is 17.0 Å². The minimum absolute atomic E-state index is 0.0441. The Morgan fingerprint density at radius 2 is 2.00 bits per heavy atom. The standard InChI is InChI=1S/C11H8F2N2O/c12-11(13)16-9-3-4-10(15-7-9)8-2-1-5-14-6-8/h1-7,11H. The lowest BCUT2D eigenvalue weighted by atomic mass is 10.2. The Labute approximate surface area is 90.7 Å². The van der Waals surface area contributed by atoms with Crippen molar-refractivity contribution in [2.75, 3.05) is 0 Å². The van der Waals surface area contributed by atoms with Crippen LogP contribution in [-0.2, 0) is 0 Å². The molecular formula is C11H8F2N2O. The van der Waals surface area contributed by atoms with Crippen molar-refractivity contribution in [3.63, 3.8) is 0 Å². The molecule has 0 bridgehead atoms. The first-order chi connectivity index (χ1) is 7.75. The van der Waals surface area contributed by atoms with Gasteiger partial charge in [-0.25, -0.2) is 0 Å². The number of nitrogens with zero attached hydrogens (tertiary/aromatic N) is 2. The summed E-state index contributed by atoms with van der Waals surface area (Å²) in [6.07, 6.45) is 4.56. The van der Waals surface area contributed by atoms with Gasteiger partial charge in [0.1, 0.15) is 5.75 Å². The Kier molecular flexibility index (Phi) is 3.05. The van der Waals surface area contributed by atoms with Crippen LogP contribution in [-0.4, -0.2) is 16.6 Å². The molecule has 0 unspecified atom stereocenters. The van der Waals surface area contributed by atoms with E-state index >= 15 is 0 Å². The van der Waals surface area contributed by atoms with Crippen LogP contribution in [0.1, 0.15) is 0 Å². The number of alkyl halides is 2. The van der Waals surface area contributed by atoms with E-state index in [-0.39, 0.29) is 5.75 Å². The number of rotatable bonds is 3. The zero-order valence-electron chi connectivity index (χ0n) is 8.18. The quantitative estimate of drug-likeness (QED) is 0.800. The molecule has 5 heteroatoms. The lowest BCUT2D eigenvalue weighted by Crippen LogP contribution is -2.02. The Morgan fingerprint density at radius 1 is 1.12 bits per heavy atom. The van der Waals surface area contributed by atoms with Crippen LogP contribution in [0.3, 0.4) is 0 Å². The maximum Gasteiger partial charge on any atom is 0.387 e. The van der Waals surface area contributed by atoms with Gasteiger partial charge in [-0.05, 0) is 24.3 Å². The highest BCUT2D eigenvalue weighted by molar-refractivity contribution is 5.57. The van der Waals surface area contributed by atoms with Gasteiger partial charge in [0.25, 0.3) is 0 Å². The summed E-state index contributed by atoms with van der Waals surface area (Å²) in [5.74, 6) is 0.0441. The average Bonchev–Trinajstić information content (AvgIpc) is 2.30. The smallest absolute Gasteiger partial charge is 0.387 e. The van der Waals surface area contributed by atoms with Crippen molar-refractivity contribution in [2.24, 2.45) is 0 Å². The zero-order chi connectivity index (χ0) is 11.4. The largest absolute Gasteiger partial charge is 0.433 e. The molecule has 0 N–H and O–H groups in total. The molecule has 2 aromatic heterocycles. The Balaban J connectivity index is 2.20. The monoisotopic (exact) mass is 222 g/mol. The molecule has 16 heavy (non-hydrogen) atoms. The fourth-order valence-corrected chi connectivity index (χ4v) is 1.24. The molecule has 2 heterocycles. The van der Waals surface area contributed by atoms with E-state index in [0.717, 1.165) is 5.56 Å². The number of ether oxygens (including phenoxy) is 1. The van der Waals surface area contributed by atoms with Gasteiger partial charge in [-0.2, -0.15) is 8.78 Å². The van der Waals surface area contributed by atoms with Crippen LogP contribution >= 0.6 is 0 Å². The van der Waals surface area contributed by atoms with Crippen molar-refractivity contribution in [2.45, 2.75) is 6.61 Å². The summed E-state index contributed by atoms with van der Waals surface area (Å²) in [4.78, 5) is 7.94. The van der Waals surface area contributed by atoms with E-state index < -0.39 is 6.61 Å². The number of pyridine rings is 2. The van der Waals surface area contributed by atoms with Crippen LogP contribution in [0, 0.1) is 0 Å². The first-order valence-corrected chi connectivity index (χ1v) is 4.57. The van der Waals surface area contributed by atoms with E-state index in [0.29, 0.717) is 5.69 Å². The molecule has 0 aromatic carbocycles. The van der Waals surface area contributed by atoms with Gasteiger partial charge in [0.05, 0.1) is 11.9 Å². The Morgan fingerprint density at radius 3 is 2.56 bits per heavy atom. The van der Waals surface area contributed by atoms with E-state index in [1.165, 1.54) is 12.3 Å². The molecule has 3 nitrogen and oxygen atoms in total. The molecule has 0 radical (unpaired) electrons. The number of hydrogen-bond acceptors (Lipinski definition) is 3. The summed E-state index contributed by atoms with van der Waals surface area (Å²) in [5, 5.41) is 0.